The molecule has 106 valence electrons. The van der Waals surface area contributed by atoms with E-state index in [2.05, 4.69) is 31.1 Å². The quantitative estimate of drug-likeness (QED) is 0.829. The van der Waals surface area contributed by atoms with Gasteiger partial charge in [-0.2, -0.15) is 0 Å². The Labute approximate surface area is 114 Å². The maximum atomic E-state index is 3.44. The fraction of sp³-hybridized carbons (Fsp3) is 1.00. The standard InChI is InChI=1S/C16H32N2/c1-13(2)14-5-4-11-18(12-10-14)16-8-6-15(17-3)7-9-16/h13-17H,4-12H2,1-3H3. The molecule has 1 heterocycles. The van der Waals surface area contributed by atoms with Crippen molar-refractivity contribution in [1.82, 2.24) is 10.2 Å². The second-order valence-corrected chi connectivity index (χ2v) is 6.77. The van der Waals surface area contributed by atoms with E-state index >= 15 is 0 Å². The number of hydrogen-bond acceptors (Lipinski definition) is 2. The van der Waals surface area contributed by atoms with Crippen LogP contribution < -0.4 is 5.32 Å². The highest BCUT2D eigenvalue weighted by atomic mass is 15.2. The zero-order valence-corrected chi connectivity index (χ0v) is 12.6. The van der Waals surface area contributed by atoms with Crippen molar-refractivity contribution in [3.8, 4) is 0 Å². The SMILES string of the molecule is CNC1CCC(N2CCCC(C(C)C)CC2)CC1. The maximum absolute atomic E-state index is 3.44. The third-order valence-corrected chi connectivity index (χ3v) is 5.37. The summed E-state index contributed by atoms with van der Waals surface area (Å²) >= 11 is 0. The molecule has 0 radical (unpaired) electrons. The van der Waals surface area contributed by atoms with E-state index in [4.69, 9.17) is 0 Å². The van der Waals surface area contributed by atoms with Crippen LogP contribution in [-0.4, -0.2) is 37.1 Å². The molecule has 0 bridgehead atoms. The van der Waals surface area contributed by atoms with E-state index < -0.39 is 0 Å². The fourth-order valence-electron chi connectivity index (χ4n) is 3.91. The van der Waals surface area contributed by atoms with Crippen molar-refractivity contribution in [3.63, 3.8) is 0 Å². The van der Waals surface area contributed by atoms with Gasteiger partial charge in [-0.05, 0) is 76.9 Å². The Morgan fingerprint density at radius 2 is 1.67 bits per heavy atom. The van der Waals surface area contributed by atoms with E-state index in [1.54, 1.807) is 0 Å². The van der Waals surface area contributed by atoms with Crippen LogP contribution in [-0.2, 0) is 0 Å². The van der Waals surface area contributed by atoms with Gasteiger partial charge in [0.05, 0.1) is 0 Å². The first-order valence-electron chi connectivity index (χ1n) is 8.12. The van der Waals surface area contributed by atoms with Crippen molar-refractivity contribution in [3.05, 3.63) is 0 Å². The summed E-state index contributed by atoms with van der Waals surface area (Å²) in [5, 5.41) is 3.44. The molecule has 2 rings (SSSR count). The van der Waals surface area contributed by atoms with Gasteiger partial charge in [0.15, 0.2) is 0 Å². The first-order valence-corrected chi connectivity index (χ1v) is 8.12. The molecule has 1 aliphatic carbocycles. The summed E-state index contributed by atoms with van der Waals surface area (Å²) in [4.78, 5) is 2.81. The molecule has 1 aliphatic heterocycles. The first-order chi connectivity index (χ1) is 8.70. The van der Waals surface area contributed by atoms with Crippen molar-refractivity contribution in [2.75, 3.05) is 20.1 Å². The van der Waals surface area contributed by atoms with E-state index in [0.29, 0.717) is 0 Å². The summed E-state index contributed by atoms with van der Waals surface area (Å²) in [6, 6.07) is 1.68. The lowest BCUT2D eigenvalue weighted by Crippen LogP contribution is -2.42. The van der Waals surface area contributed by atoms with Gasteiger partial charge < -0.3 is 10.2 Å². The molecule has 1 N–H and O–H groups in total. The van der Waals surface area contributed by atoms with Gasteiger partial charge in [0.1, 0.15) is 0 Å². The highest BCUT2D eigenvalue weighted by molar-refractivity contribution is 4.84. The molecule has 1 saturated heterocycles. The third-order valence-electron chi connectivity index (χ3n) is 5.37. The number of likely N-dealkylation sites (tertiary alicyclic amines) is 1. The molecule has 2 fully saturated rings. The van der Waals surface area contributed by atoms with Gasteiger partial charge in [0.2, 0.25) is 0 Å². The van der Waals surface area contributed by atoms with Gasteiger partial charge in [-0.3, -0.25) is 0 Å². The Kier molecular flexibility index (Phi) is 5.50. The van der Waals surface area contributed by atoms with E-state index in [1.165, 1.54) is 58.0 Å². The Morgan fingerprint density at radius 3 is 2.28 bits per heavy atom. The number of hydrogen-bond donors (Lipinski definition) is 1. The van der Waals surface area contributed by atoms with E-state index in [9.17, 15) is 0 Å². The van der Waals surface area contributed by atoms with Gasteiger partial charge in [0.25, 0.3) is 0 Å². The molecule has 1 atom stereocenters. The highest BCUT2D eigenvalue weighted by Crippen LogP contribution is 2.29. The van der Waals surface area contributed by atoms with Crippen LogP contribution in [0.4, 0.5) is 0 Å². The van der Waals surface area contributed by atoms with Crippen molar-refractivity contribution in [1.29, 1.82) is 0 Å². The third kappa shape index (κ3) is 3.71. The Morgan fingerprint density at radius 1 is 0.944 bits per heavy atom. The molecule has 0 aromatic heterocycles. The molecule has 0 amide bonds. The summed E-state index contributed by atoms with van der Waals surface area (Å²) in [5.74, 6) is 1.86. The molecular formula is C16H32N2. The lowest BCUT2D eigenvalue weighted by Gasteiger charge is -2.36. The number of nitrogens with zero attached hydrogens (tertiary/aromatic N) is 1. The summed E-state index contributed by atoms with van der Waals surface area (Å²) in [6.45, 7) is 7.52. The molecule has 0 aromatic carbocycles. The monoisotopic (exact) mass is 252 g/mol. The van der Waals surface area contributed by atoms with Gasteiger partial charge in [-0.25, -0.2) is 0 Å². The van der Waals surface area contributed by atoms with E-state index in [-0.39, 0.29) is 0 Å². The zero-order chi connectivity index (χ0) is 13.0. The largest absolute Gasteiger partial charge is 0.317 e. The van der Waals surface area contributed by atoms with Crippen molar-refractivity contribution in [2.45, 2.75) is 70.9 Å². The zero-order valence-electron chi connectivity index (χ0n) is 12.6. The molecule has 2 nitrogen and oxygen atoms in total. The van der Waals surface area contributed by atoms with Gasteiger partial charge >= 0.3 is 0 Å². The second kappa shape index (κ2) is 6.91. The Hall–Kier alpha value is -0.0800. The van der Waals surface area contributed by atoms with Crippen LogP contribution in [0.1, 0.15) is 58.8 Å². The van der Waals surface area contributed by atoms with Gasteiger partial charge in [0, 0.05) is 12.1 Å². The summed E-state index contributed by atoms with van der Waals surface area (Å²) in [5.41, 5.74) is 0. The summed E-state index contributed by atoms with van der Waals surface area (Å²) < 4.78 is 0. The number of rotatable bonds is 3. The first kappa shape index (κ1) is 14.3. The molecule has 0 aromatic rings. The molecular weight excluding hydrogens is 220 g/mol. The average Bonchev–Trinajstić information content (AvgIpc) is 2.64. The molecule has 0 spiro atoms. The lowest BCUT2D eigenvalue weighted by atomic mass is 9.89. The Balaban J connectivity index is 1.80. The predicted octanol–water partition coefficient (Wildman–Crippen LogP) is 3.28. The number of nitrogens with one attached hydrogen (secondary N) is 1. The van der Waals surface area contributed by atoms with E-state index in [0.717, 1.165) is 23.9 Å². The minimum absolute atomic E-state index is 0.789. The molecule has 1 unspecified atom stereocenters. The van der Waals surface area contributed by atoms with Crippen LogP contribution in [0, 0.1) is 11.8 Å². The molecule has 2 heteroatoms. The smallest absolute Gasteiger partial charge is 0.00964 e. The van der Waals surface area contributed by atoms with Crippen LogP contribution in [0.2, 0.25) is 0 Å². The highest BCUT2D eigenvalue weighted by Gasteiger charge is 2.27. The maximum Gasteiger partial charge on any atom is 0.00964 e. The fourth-order valence-corrected chi connectivity index (χ4v) is 3.91. The van der Waals surface area contributed by atoms with Crippen LogP contribution in [0.25, 0.3) is 0 Å². The van der Waals surface area contributed by atoms with Crippen molar-refractivity contribution < 1.29 is 0 Å². The van der Waals surface area contributed by atoms with Crippen molar-refractivity contribution in [2.24, 2.45) is 11.8 Å². The predicted molar refractivity (Wildman–Crippen MR) is 78.9 cm³/mol. The topological polar surface area (TPSA) is 15.3 Å². The van der Waals surface area contributed by atoms with Crippen molar-refractivity contribution >= 4 is 0 Å². The van der Waals surface area contributed by atoms with Crippen LogP contribution in [0.15, 0.2) is 0 Å². The van der Waals surface area contributed by atoms with Gasteiger partial charge in [-0.15, -0.1) is 0 Å². The van der Waals surface area contributed by atoms with Crippen LogP contribution in [0.5, 0.6) is 0 Å². The molecule has 1 saturated carbocycles. The normalized spacial score (nSPS) is 35.7. The van der Waals surface area contributed by atoms with E-state index in [1.807, 2.05) is 0 Å². The van der Waals surface area contributed by atoms with Crippen LogP contribution in [0.3, 0.4) is 0 Å². The molecule has 18 heavy (non-hydrogen) atoms. The lowest BCUT2D eigenvalue weighted by molar-refractivity contribution is 0.147. The Bertz CT molecular complexity index is 231. The van der Waals surface area contributed by atoms with Gasteiger partial charge in [-0.1, -0.05) is 13.8 Å². The minimum atomic E-state index is 0.789. The average molecular weight is 252 g/mol. The second-order valence-electron chi connectivity index (χ2n) is 6.77. The summed E-state index contributed by atoms with van der Waals surface area (Å²) in [6.07, 6.45) is 9.91. The molecule has 2 aliphatic rings. The van der Waals surface area contributed by atoms with Crippen LogP contribution >= 0.6 is 0 Å². The summed E-state index contributed by atoms with van der Waals surface area (Å²) in [7, 11) is 2.12. The minimum Gasteiger partial charge on any atom is -0.317 e.